The van der Waals surface area contributed by atoms with Crippen molar-refractivity contribution in [3.63, 3.8) is 0 Å². The molecule has 7 nitrogen and oxygen atoms in total. The van der Waals surface area contributed by atoms with Gasteiger partial charge >= 0.3 is 0 Å². The lowest BCUT2D eigenvalue weighted by atomic mass is 9.73. The second kappa shape index (κ2) is 10.2. The molecule has 0 atom stereocenters. The second-order valence-electron chi connectivity index (χ2n) is 8.99. The van der Waals surface area contributed by atoms with Gasteiger partial charge in [0.2, 0.25) is 0 Å². The number of nitrogens with one attached hydrogen (secondary N) is 1. The van der Waals surface area contributed by atoms with Crippen LogP contribution in [0.2, 0.25) is 5.02 Å². The van der Waals surface area contributed by atoms with Crippen LogP contribution in [0.5, 0.6) is 11.5 Å². The Morgan fingerprint density at radius 2 is 1.64 bits per heavy atom. The highest BCUT2D eigenvalue weighted by molar-refractivity contribution is 6.33. The molecule has 0 fully saturated rings. The van der Waals surface area contributed by atoms with Crippen LogP contribution in [-0.4, -0.2) is 31.2 Å². The minimum absolute atomic E-state index is 0.0155. The fraction of sp³-hybridized carbons (Fsp3) is 0.321. The first-order valence-corrected chi connectivity index (χ1v) is 12.4. The van der Waals surface area contributed by atoms with Gasteiger partial charge in [-0.3, -0.25) is 14.4 Å². The molecule has 1 N–H and O–H groups in total. The number of carbonyl (C=O) groups is 3. The van der Waals surface area contributed by atoms with Gasteiger partial charge in [-0.15, -0.1) is 0 Å². The maximum Gasteiger partial charge on any atom is 0.262 e. The normalized spacial score (nSPS) is 17.8. The first-order valence-electron chi connectivity index (χ1n) is 12.0. The van der Waals surface area contributed by atoms with E-state index in [-0.39, 0.29) is 24.1 Å². The molecule has 3 aliphatic rings. The summed E-state index contributed by atoms with van der Waals surface area (Å²) < 4.78 is 17.4. The summed E-state index contributed by atoms with van der Waals surface area (Å²) in [5.74, 6) is 1.31. The number of ketones is 2. The number of hydrogen-bond donors (Lipinski definition) is 1. The van der Waals surface area contributed by atoms with Gasteiger partial charge in [0.15, 0.2) is 29.7 Å². The lowest BCUT2D eigenvalue weighted by Gasteiger charge is -2.36. The van der Waals surface area contributed by atoms with Crippen molar-refractivity contribution in [2.75, 3.05) is 19.0 Å². The summed E-state index contributed by atoms with van der Waals surface area (Å²) >= 11 is 6.10. The number of amides is 1. The van der Waals surface area contributed by atoms with Crippen LogP contribution in [0.3, 0.4) is 0 Å². The van der Waals surface area contributed by atoms with Crippen molar-refractivity contribution >= 4 is 34.8 Å². The minimum atomic E-state index is -0.490. The van der Waals surface area contributed by atoms with Crippen LogP contribution in [0.25, 0.3) is 0 Å². The van der Waals surface area contributed by atoms with E-state index >= 15 is 0 Å². The minimum Gasteiger partial charge on any atom is -0.493 e. The van der Waals surface area contributed by atoms with Gasteiger partial charge in [0.25, 0.3) is 5.91 Å². The fourth-order valence-electron chi connectivity index (χ4n) is 5.03. The largest absolute Gasteiger partial charge is 0.493 e. The summed E-state index contributed by atoms with van der Waals surface area (Å²) in [4.78, 5) is 38.4. The highest BCUT2D eigenvalue weighted by Crippen LogP contribution is 2.48. The monoisotopic (exact) mass is 507 g/mol. The number of rotatable bonds is 6. The number of ether oxygens (including phenoxy) is 3. The first kappa shape index (κ1) is 24.1. The summed E-state index contributed by atoms with van der Waals surface area (Å²) in [5.41, 5.74) is 2.40. The number of methoxy groups -OCH3 is 1. The van der Waals surface area contributed by atoms with Gasteiger partial charge in [0.1, 0.15) is 11.5 Å². The predicted octanol–water partition coefficient (Wildman–Crippen LogP) is 5.49. The summed E-state index contributed by atoms with van der Waals surface area (Å²) in [5, 5.41) is 3.15. The maximum atomic E-state index is 13.0. The Bertz CT molecular complexity index is 1270. The van der Waals surface area contributed by atoms with E-state index in [9.17, 15) is 14.4 Å². The van der Waals surface area contributed by atoms with Crippen molar-refractivity contribution in [2.45, 2.75) is 44.4 Å². The lowest BCUT2D eigenvalue weighted by Crippen LogP contribution is -2.30. The van der Waals surface area contributed by atoms with Gasteiger partial charge in [0.05, 0.1) is 17.8 Å². The molecule has 0 aromatic heterocycles. The van der Waals surface area contributed by atoms with Crippen molar-refractivity contribution in [3.05, 3.63) is 75.7 Å². The van der Waals surface area contributed by atoms with Crippen LogP contribution < -0.4 is 14.8 Å². The van der Waals surface area contributed by atoms with Gasteiger partial charge in [-0.25, -0.2) is 0 Å². The molecule has 0 saturated carbocycles. The van der Waals surface area contributed by atoms with E-state index in [0.29, 0.717) is 70.6 Å². The number of allylic oxidation sites excluding steroid dienone is 4. The van der Waals surface area contributed by atoms with Crippen molar-refractivity contribution in [2.24, 2.45) is 0 Å². The summed E-state index contributed by atoms with van der Waals surface area (Å²) in [7, 11) is 1.51. The van der Waals surface area contributed by atoms with E-state index in [2.05, 4.69) is 5.32 Å². The second-order valence-corrected chi connectivity index (χ2v) is 9.40. The van der Waals surface area contributed by atoms with Gasteiger partial charge in [-0.2, -0.15) is 0 Å². The number of anilines is 1. The molecule has 0 spiro atoms. The molecule has 0 bridgehead atoms. The van der Waals surface area contributed by atoms with Crippen LogP contribution in [-0.2, 0) is 19.1 Å². The van der Waals surface area contributed by atoms with Crippen molar-refractivity contribution in [3.8, 4) is 11.5 Å². The third kappa shape index (κ3) is 4.63. The molecule has 186 valence electrons. The first-order chi connectivity index (χ1) is 17.5. The van der Waals surface area contributed by atoms with Crippen LogP contribution in [0.15, 0.2) is 65.1 Å². The molecule has 8 heteroatoms. The Balaban J connectivity index is 1.42. The number of hydrogen-bond acceptors (Lipinski definition) is 6. The molecule has 0 unspecified atom stereocenters. The van der Waals surface area contributed by atoms with Gasteiger partial charge in [-0.1, -0.05) is 29.8 Å². The zero-order valence-corrected chi connectivity index (χ0v) is 20.7. The number of halogens is 1. The van der Waals surface area contributed by atoms with Crippen molar-refractivity contribution in [1.82, 2.24) is 0 Å². The molecule has 1 amide bonds. The highest BCUT2D eigenvalue weighted by atomic mass is 35.5. The molecule has 1 heterocycles. The molecular weight excluding hydrogens is 482 g/mol. The third-order valence-electron chi connectivity index (χ3n) is 6.67. The molecule has 0 saturated heterocycles. The van der Waals surface area contributed by atoms with E-state index in [1.54, 1.807) is 36.4 Å². The molecular formula is C28H26ClNO6. The van der Waals surface area contributed by atoms with E-state index in [1.165, 1.54) is 7.11 Å². The van der Waals surface area contributed by atoms with Gasteiger partial charge < -0.3 is 19.5 Å². The van der Waals surface area contributed by atoms with Crippen molar-refractivity contribution in [1.29, 1.82) is 0 Å². The molecule has 2 aliphatic carbocycles. The Labute approximate surface area is 214 Å². The number of carbonyl (C=O) groups excluding carboxylic acids is 3. The van der Waals surface area contributed by atoms with E-state index < -0.39 is 5.92 Å². The average Bonchev–Trinajstić information content (AvgIpc) is 2.88. The van der Waals surface area contributed by atoms with Crippen LogP contribution in [0, 0.1) is 0 Å². The van der Waals surface area contributed by atoms with Gasteiger partial charge in [0, 0.05) is 42.7 Å². The number of benzene rings is 2. The third-order valence-corrected chi connectivity index (χ3v) is 7.00. The quantitative estimate of drug-likeness (QED) is 0.555. The lowest BCUT2D eigenvalue weighted by molar-refractivity contribution is -0.119. The predicted molar refractivity (Wildman–Crippen MR) is 134 cm³/mol. The van der Waals surface area contributed by atoms with E-state index in [1.807, 2.05) is 6.07 Å². The Morgan fingerprint density at radius 3 is 2.28 bits per heavy atom. The molecule has 0 radical (unpaired) electrons. The Morgan fingerprint density at radius 1 is 0.972 bits per heavy atom. The molecule has 36 heavy (non-hydrogen) atoms. The van der Waals surface area contributed by atoms with Crippen LogP contribution in [0.4, 0.5) is 5.69 Å². The fourth-order valence-corrected chi connectivity index (χ4v) is 5.21. The average molecular weight is 508 g/mol. The topological polar surface area (TPSA) is 90.9 Å². The molecule has 2 aromatic rings. The van der Waals surface area contributed by atoms with E-state index in [4.69, 9.17) is 25.8 Å². The SMILES string of the molecule is COc1cc(C2C3=C(CCCC3=O)OC3=C2C(=O)CCC3)ccc1OCC(=O)Nc1ccccc1Cl. The highest BCUT2D eigenvalue weighted by Gasteiger charge is 2.42. The van der Waals surface area contributed by atoms with Gasteiger partial charge in [-0.05, 0) is 42.7 Å². The smallest absolute Gasteiger partial charge is 0.262 e. The number of para-hydroxylation sites is 1. The molecule has 2 aromatic carbocycles. The standard InChI is InChI=1S/C28H26ClNO6/c1-34-24-14-16(12-13-21(24)35-15-25(33)30-18-7-3-2-6-17(18)29)26-27-19(31)8-4-10-22(27)36-23-11-5-9-20(32)28(23)26/h2-3,6-7,12-14,26H,4-5,8-11,15H2,1H3,(H,30,33). The zero-order chi connectivity index (χ0) is 25.2. The summed E-state index contributed by atoms with van der Waals surface area (Å²) in [6, 6.07) is 12.2. The van der Waals surface area contributed by atoms with Crippen molar-refractivity contribution < 1.29 is 28.6 Å². The van der Waals surface area contributed by atoms with E-state index in [0.717, 1.165) is 18.4 Å². The zero-order valence-electron chi connectivity index (χ0n) is 19.9. The van der Waals surface area contributed by atoms with Crippen LogP contribution in [0.1, 0.15) is 50.0 Å². The maximum absolute atomic E-state index is 13.0. The molecule has 5 rings (SSSR count). The number of Topliss-reactive ketones (excluding diaryl/α,β-unsaturated/α-hetero) is 2. The molecule has 1 aliphatic heterocycles. The Hall–Kier alpha value is -3.58. The summed E-state index contributed by atoms with van der Waals surface area (Å²) in [6.07, 6.45) is 3.73. The Kier molecular flexibility index (Phi) is 6.83. The summed E-state index contributed by atoms with van der Waals surface area (Å²) in [6.45, 7) is -0.250. The van der Waals surface area contributed by atoms with Crippen LogP contribution >= 0.6 is 11.6 Å².